The second kappa shape index (κ2) is 6.85. The Kier molecular flexibility index (Phi) is 4.62. The second-order valence-corrected chi connectivity index (χ2v) is 7.02. The first-order valence-electron chi connectivity index (χ1n) is 8.80. The molecule has 3 aliphatic heterocycles. The van der Waals surface area contributed by atoms with Gasteiger partial charge in [-0.25, -0.2) is 0 Å². The van der Waals surface area contributed by atoms with Gasteiger partial charge in [0, 0.05) is 45.0 Å². The molecule has 4 heterocycles. The first kappa shape index (κ1) is 15.5. The predicted octanol–water partition coefficient (Wildman–Crippen LogP) is 2.01. The number of hydrogen-bond acceptors (Lipinski definition) is 5. The molecule has 3 fully saturated rings. The van der Waals surface area contributed by atoms with Crippen LogP contribution in [-0.2, 0) is 20.8 Å². The van der Waals surface area contributed by atoms with Crippen LogP contribution in [0.3, 0.4) is 0 Å². The number of rotatable bonds is 4. The van der Waals surface area contributed by atoms with Crippen LogP contribution in [0.1, 0.15) is 31.4 Å². The highest BCUT2D eigenvalue weighted by Crippen LogP contribution is 2.38. The van der Waals surface area contributed by atoms with Crippen molar-refractivity contribution in [1.29, 1.82) is 0 Å². The van der Waals surface area contributed by atoms with Gasteiger partial charge in [0.15, 0.2) is 0 Å². The van der Waals surface area contributed by atoms with Crippen LogP contribution in [0.5, 0.6) is 0 Å². The maximum Gasteiger partial charge on any atom is 0.0892 e. The summed E-state index contributed by atoms with van der Waals surface area (Å²) in [7, 11) is 0. The number of aromatic nitrogens is 1. The molecule has 126 valence electrons. The fourth-order valence-corrected chi connectivity index (χ4v) is 4.12. The van der Waals surface area contributed by atoms with Crippen molar-refractivity contribution < 1.29 is 14.2 Å². The first-order chi connectivity index (χ1) is 11.3. The topological polar surface area (TPSA) is 43.8 Å². The molecule has 3 saturated heterocycles. The third kappa shape index (κ3) is 3.58. The van der Waals surface area contributed by atoms with E-state index in [0.29, 0.717) is 19.3 Å². The lowest BCUT2D eigenvalue weighted by molar-refractivity contribution is -0.00972. The van der Waals surface area contributed by atoms with Crippen molar-refractivity contribution in [2.75, 3.05) is 32.9 Å². The van der Waals surface area contributed by atoms with Crippen LogP contribution in [0.25, 0.3) is 0 Å². The van der Waals surface area contributed by atoms with E-state index in [0.717, 1.165) is 57.7 Å². The quantitative estimate of drug-likeness (QED) is 0.850. The van der Waals surface area contributed by atoms with E-state index >= 15 is 0 Å². The molecular formula is C18H26N2O3. The summed E-state index contributed by atoms with van der Waals surface area (Å²) in [5, 5.41) is 0. The standard InChI is InChI=1S/C18H26N2O3/c1-2-7-19-15(3-1)12-22-17-11-18(23-13-17)6-8-20(14-18)16-4-9-21-10-5-16/h1-3,7,16-17H,4-6,8-14H2/t17-,18+/m1/s1. The van der Waals surface area contributed by atoms with Gasteiger partial charge in [0.25, 0.3) is 0 Å². The van der Waals surface area contributed by atoms with Crippen molar-refractivity contribution in [1.82, 2.24) is 9.88 Å². The van der Waals surface area contributed by atoms with Gasteiger partial charge in [-0.15, -0.1) is 0 Å². The SMILES string of the molecule is c1ccc(CO[C@H]2CO[C@@]3(CCN(C4CCOCC4)C3)C2)nc1. The van der Waals surface area contributed by atoms with Crippen LogP contribution in [0.4, 0.5) is 0 Å². The van der Waals surface area contributed by atoms with Crippen molar-refractivity contribution in [2.24, 2.45) is 0 Å². The minimum absolute atomic E-state index is 0.0209. The Morgan fingerprint density at radius 3 is 3.04 bits per heavy atom. The van der Waals surface area contributed by atoms with E-state index in [1.165, 1.54) is 0 Å². The maximum atomic E-state index is 6.21. The highest BCUT2D eigenvalue weighted by atomic mass is 16.6. The molecule has 0 amide bonds. The molecule has 5 nitrogen and oxygen atoms in total. The summed E-state index contributed by atoms with van der Waals surface area (Å²) in [6, 6.07) is 6.62. The van der Waals surface area contributed by atoms with Crippen LogP contribution in [0.15, 0.2) is 24.4 Å². The van der Waals surface area contributed by atoms with E-state index in [4.69, 9.17) is 14.2 Å². The zero-order chi connectivity index (χ0) is 15.5. The lowest BCUT2D eigenvalue weighted by atomic mass is 9.98. The zero-order valence-electron chi connectivity index (χ0n) is 13.7. The largest absolute Gasteiger partial charge is 0.381 e. The Balaban J connectivity index is 1.28. The molecule has 0 bridgehead atoms. The predicted molar refractivity (Wildman–Crippen MR) is 86.1 cm³/mol. The molecule has 3 aliphatic rings. The fourth-order valence-electron chi connectivity index (χ4n) is 4.12. The maximum absolute atomic E-state index is 6.21. The summed E-state index contributed by atoms with van der Waals surface area (Å²) in [5.74, 6) is 0. The van der Waals surface area contributed by atoms with Gasteiger partial charge in [0.2, 0.25) is 0 Å². The summed E-state index contributed by atoms with van der Waals surface area (Å²) in [4.78, 5) is 6.93. The monoisotopic (exact) mass is 318 g/mol. The Morgan fingerprint density at radius 2 is 2.22 bits per heavy atom. The first-order valence-corrected chi connectivity index (χ1v) is 8.80. The van der Waals surface area contributed by atoms with E-state index in [9.17, 15) is 0 Å². The van der Waals surface area contributed by atoms with Crippen molar-refractivity contribution in [3.8, 4) is 0 Å². The minimum Gasteiger partial charge on any atom is -0.381 e. The average Bonchev–Trinajstić information content (AvgIpc) is 3.22. The van der Waals surface area contributed by atoms with Gasteiger partial charge in [0.05, 0.1) is 30.6 Å². The lowest BCUT2D eigenvalue weighted by Gasteiger charge is -2.32. The van der Waals surface area contributed by atoms with Crippen molar-refractivity contribution >= 4 is 0 Å². The smallest absolute Gasteiger partial charge is 0.0892 e. The molecular weight excluding hydrogens is 292 g/mol. The van der Waals surface area contributed by atoms with Gasteiger partial charge in [-0.3, -0.25) is 9.88 Å². The van der Waals surface area contributed by atoms with Gasteiger partial charge >= 0.3 is 0 Å². The number of ether oxygens (including phenoxy) is 3. The normalized spacial score (nSPS) is 32.8. The van der Waals surface area contributed by atoms with E-state index < -0.39 is 0 Å². The minimum atomic E-state index is 0.0209. The molecule has 0 saturated carbocycles. The molecule has 1 spiro atoms. The molecule has 0 aromatic carbocycles. The zero-order valence-corrected chi connectivity index (χ0v) is 13.7. The molecule has 0 N–H and O–H groups in total. The lowest BCUT2D eigenvalue weighted by Crippen LogP contribution is -2.41. The molecule has 0 radical (unpaired) electrons. The van der Waals surface area contributed by atoms with Crippen LogP contribution in [0.2, 0.25) is 0 Å². The van der Waals surface area contributed by atoms with Crippen LogP contribution in [0, 0.1) is 0 Å². The van der Waals surface area contributed by atoms with Crippen LogP contribution in [-0.4, -0.2) is 60.5 Å². The van der Waals surface area contributed by atoms with E-state index in [1.807, 2.05) is 24.4 Å². The second-order valence-electron chi connectivity index (χ2n) is 7.02. The van der Waals surface area contributed by atoms with Gasteiger partial charge in [-0.05, 0) is 31.4 Å². The molecule has 4 rings (SSSR count). The van der Waals surface area contributed by atoms with E-state index in [2.05, 4.69) is 9.88 Å². The molecule has 1 aromatic rings. The summed E-state index contributed by atoms with van der Waals surface area (Å²) < 4.78 is 17.7. The molecule has 2 atom stereocenters. The van der Waals surface area contributed by atoms with Crippen LogP contribution >= 0.6 is 0 Å². The van der Waals surface area contributed by atoms with Crippen molar-refractivity contribution in [2.45, 2.75) is 50.0 Å². The van der Waals surface area contributed by atoms with E-state index in [-0.39, 0.29) is 11.7 Å². The Morgan fingerprint density at radius 1 is 1.30 bits per heavy atom. The van der Waals surface area contributed by atoms with Crippen molar-refractivity contribution in [3.63, 3.8) is 0 Å². The van der Waals surface area contributed by atoms with Crippen LogP contribution < -0.4 is 0 Å². The molecule has 1 aromatic heterocycles. The summed E-state index contributed by atoms with van der Waals surface area (Å²) in [6.45, 7) is 5.32. The number of hydrogen-bond donors (Lipinski definition) is 0. The Labute approximate surface area is 137 Å². The third-order valence-corrected chi connectivity index (χ3v) is 5.42. The molecule has 0 aliphatic carbocycles. The summed E-state index contributed by atoms with van der Waals surface area (Å²) >= 11 is 0. The summed E-state index contributed by atoms with van der Waals surface area (Å²) in [6.07, 6.45) is 6.49. The fraction of sp³-hybridized carbons (Fsp3) is 0.722. The molecule has 5 heteroatoms. The Bertz CT molecular complexity index is 506. The van der Waals surface area contributed by atoms with Crippen molar-refractivity contribution in [3.05, 3.63) is 30.1 Å². The highest BCUT2D eigenvalue weighted by Gasteiger charge is 2.47. The Hall–Kier alpha value is -1.01. The highest BCUT2D eigenvalue weighted by molar-refractivity contribution is 5.03. The average molecular weight is 318 g/mol. The third-order valence-electron chi connectivity index (χ3n) is 5.42. The van der Waals surface area contributed by atoms with E-state index in [1.54, 1.807) is 0 Å². The number of pyridine rings is 1. The number of likely N-dealkylation sites (tertiary alicyclic amines) is 1. The summed E-state index contributed by atoms with van der Waals surface area (Å²) in [5.41, 5.74) is 1.01. The molecule has 0 unspecified atom stereocenters. The molecule has 23 heavy (non-hydrogen) atoms. The van der Waals surface area contributed by atoms with Gasteiger partial charge in [-0.2, -0.15) is 0 Å². The van der Waals surface area contributed by atoms with Gasteiger partial charge in [0.1, 0.15) is 0 Å². The number of nitrogens with zero attached hydrogens (tertiary/aromatic N) is 2. The van der Waals surface area contributed by atoms with Gasteiger partial charge in [-0.1, -0.05) is 6.07 Å². The van der Waals surface area contributed by atoms with Gasteiger partial charge < -0.3 is 14.2 Å².